The van der Waals surface area contributed by atoms with E-state index in [4.69, 9.17) is 0 Å². The van der Waals surface area contributed by atoms with Gasteiger partial charge in [-0.25, -0.2) is 4.79 Å². The number of hydrogen-bond acceptors (Lipinski definition) is 3. The molecule has 1 aliphatic rings. The van der Waals surface area contributed by atoms with Gasteiger partial charge >= 0.3 is 6.03 Å². The fourth-order valence-corrected chi connectivity index (χ4v) is 2.61. The number of aryl methyl sites for hydroxylation is 1. The molecule has 114 valence electrons. The Hall–Kier alpha value is -1.88. The second-order valence-corrected chi connectivity index (χ2v) is 5.95. The number of carbonyl (C=O) groups is 2. The fraction of sp³-hybridized carbons (Fsp3) is 0.500. The quantitative estimate of drug-likeness (QED) is 0.815. The summed E-state index contributed by atoms with van der Waals surface area (Å²) in [5.41, 5.74) is 1.68. The maximum Gasteiger partial charge on any atom is 0.324 e. The van der Waals surface area contributed by atoms with Crippen LogP contribution in [0.1, 0.15) is 37.5 Å². The van der Waals surface area contributed by atoms with Crippen LogP contribution in [-0.4, -0.2) is 34.5 Å². The standard InChI is InChI=1S/C16H22N2O3/c1-10(2)8-13-15(20)18(16(21)17-13)9-14(19)12-7-5-4-6-11(12)3/h4-7,10,13-14,19H,8-9H2,1-3H3,(H,17,21). The molecule has 5 heteroatoms. The molecule has 2 atom stereocenters. The molecule has 0 aliphatic carbocycles. The number of urea groups is 1. The van der Waals surface area contributed by atoms with Gasteiger partial charge in [-0.15, -0.1) is 0 Å². The summed E-state index contributed by atoms with van der Waals surface area (Å²) in [4.78, 5) is 25.3. The van der Waals surface area contributed by atoms with Gasteiger partial charge in [0.05, 0.1) is 12.6 Å². The van der Waals surface area contributed by atoms with E-state index in [-0.39, 0.29) is 12.5 Å². The maximum absolute atomic E-state index is 12.2. The van der Waals surface area contributed by atoms with Crippen LogP contribution in [0.3, 0.4) is 0 Å². The molecule has 0 spiro atoms. The first-order valence-corrected chi connectivity index (χ1v) is 7.25. The predicted octanol–water partition coefficient (Wildman–Crippen LogP) is 1.99. The lowest BCUT2D eigenvalue weighted by Gasteiger charge is -2.19. The van der Waals surface area contributed by atoms with Crippen molar-refractivity contribution < 1.29 is 14.7 Å². The molecule has 1 aromatic rings. The van der Waals surface area contributed by atoms with Crippen molar-refractivity contribution in [2.24, 2.45) is 5.92 Å². The van der Waals surface area contributed by atoms with Crippen molar-refractivity contribution in [1.29, 1.82) is 0 Å². The van der Waals surface area contributed by atoms with Crippen LogP contribution in [0.5, 0.6) is 0 Å². The zero-order valence-corrected chi connectivity index (χ0v) is 12.7. The van der Waals surface area contributed by atoms with E-state index in [1.807, 2.05) is 45.0 Å². The van der Waals surface area contributed by atoms with Crippen LogP contribution in [0.15, 0.2) is 24.3 Å². The topological polar surface area (TPSA) is 69.6 Å². The molecule has 1 aliphatic heterocycles. The largest absolute Gasteiger partial charge is 0.387 e. The zero-order valence-electron chi connectivity index (χ0n) is 12.7. The second kappa shape index (κ2) is 6.26. The lowest BCUT2D eigenvalue weighted by atomic mass is 10.0. The number of benzene rings is 1. The summed E-state index contributed by atoms with van der Waals surface area (Å²) in [5.74, 6) is 0.0711. The molecule has 0 bridgehead atoms. The number of nitrogens with one attached hydrogen (secondary N) is 1. The Morgan fingerprint density at radius 1 is 1.29 bits per heavy atom. The Morgan fingerprint density at radius 2 is 1.95 bits per heavy atom. The van der Waals surface area contributed by atoms with E-state index in [0.29, 0.717) is 12.3 Å². The molecular weight excluding hydrogens is 268 g/mol. The summed E-state index contributed by atoms with van der Waals surface area (Å²) in [6.45, 7) is 5.89. The molecule has 21 heavy (non-hydrogen) atoms. The number of β-amino-alcohol motifs (C(OH)–C–C–N with tert-alkyl or cyclic N) is 1. The molecule has 1 saturated heterocycles. The molecule has 3 amide bonds. The number of imide groups is 1. The summed E-state index contributed by atoms with van der Waals surface area (Å²) in [6.07, 6.45) is -0.250. The number of aliphatic hydroxyl groups is 1. The Bertz CT molecular complexity index is 542. The minimum atomic E-state index is -0.862. The van der Waals surface area contributed by atoms with Crippen LogP contribution < -0.4 is 5.32 Å². The molecule has 0 saturated carbocycles. The first kappa shape index (κ1) is 15.5. The third-order valence-corrected chi connectivity index (χ3v) is 3.72. The highest BCUT2D eigenvalue weighted by molar-refractivity contribution is 6.04. The average Bonchev–Trinajstić information content (AvgIpc) is 2.66. The lowest BCUT2D eigenvalue weighted by Crippen LogP contribution is -2.35. The number of nitrogens with zero attached hydrogens (tertiary/aromatic N) is 1. The van der Waals surface area contributed by atoms with Crippen molar-refractivity contribution in [3.05, 3.63) is 35.4 Å². The zero-order chi connectivity index (χ0) is 15.6. The Balaban J connectivity index is 2.07. The van der Waals surface area contributed by atoms with E-state index >= 15 is 0 Å². The number of aliphatic hydroxyl groups excluding tert-OH is 1. The van der Waals surface area contributed by atoms with Crippen molar-refractivity contribution in [3.63, 3.8) is 0 Å². The molecule has 1 aromatic carbocycles. The van der Waals surface area contributed by atoms with Crippen LogP contribution in [0.4, 0.5) is 4.79 Å². The third kappa shape index (κ3) is 3.42. The van der Waals surface area contributed by atoms with Gasteiger partial charge in [0.2, 0.25) is 0 Å². The highest BCUT2D eigenvalue weighted by atomic mass is 16.3. The van der Waals surface area contributed by atoms with E-state index in [2.05, 4.69) is 5.32 Å². The van der Waals surface area contributed by atoms with E-state index in [1.165, 1.54) is 0 Å². The van der Waals surface area contributed by atoms with Crippen LogP contribution in [0.25, 0.3) is 0 Å². The lowest BCUT2D eigenvalue weighted by molar-refractivity contribution is -0.128. The Labute approximate surface area is 125 Å². The smallest absolute Gasteiger partial charge is 0.324 e. The number of rotatable bonds is 5. The van der Waals surface area contributed by atoms with Gasteiger partial charge in [0, 0.05) is 0 Å². The summed E-state index contributed by atoms with van der Waals surface area (Å²) in [6, 6.07) is 6.53. The SMILES string of the molecule is Cc1ccccc1C(O)CN1C(=O)NC(CC(C)C)C1=O. The summed E-state index contributed by atoms with van der Waals surface area (Å²) >= 11 is 0. The van der Waals surface area contributed by atoms with Gasteiger partial charge in [-0.1, -0.05) is 38.1 Å². The molecular formula is C16H22N2O3. The minimum absolute atomic E-state index is 0.00981. The summed E-state index contributed by atoms with van der Waals surface area (Å²) in [5, 5.41) is 13.0. The molecule has 0 aromatic heterocycles. The summed E-state index contributed by atoms with van der Waals surface area (Å²) in [7, 11) is 0. The molecule has 2 N–H and O–H groups in total. The minimum Gasteiger partial charge on any atom is -0.387 e. The number of hydrogen-bond donors (Lipinski definition) is 2. The van der Waals surface area contributed by atoms with Crippen molar-refractivity contribution in [3.8, 4) is 0 Å². The molecule has 0 radical (unpaired) electrons. The van der Waals surface area contributed by atoms with Gasteiger partial charge in [-0.2, -0.15) is 0 Å². The average molecular weight is 290 g/mol. The first-order valence-electron chi connectivity index (χ1n) is 7.25. The highest BCUT2D eigenvalue weighted by Crippen LogP contribution is 2.21. The van der Waals surface area contributed by atoms with Crippen LogP contribution in [-0.2, 0) is 4.79 Å². The van der Waals surface area contributed by atoms with Gasteiger partial charge in [-0.3, -0.25) is 9.69 Å². The van der Waals surface area contributed by atoms with Crippen molar-refractivity contribution in [2.45, 2.75) is 39.3 Å². The van der Waals surface area contributed by atoms with Crippen molar-refractivity contribution in [1.82, 2.24) is 10.2 Å². The molecule has 1 heterocycles. The Kier molecular flexibility index (Phi) is 4.63. The maximum atomic E-state index is 12.2. The molecule has 2 rings (SSSR count). The second-order valence-electron chi connectivity index (χ2n) is 5.95. The van der Waals surface area contributed by atoms with Crippen LogP contribution in [0.2, 0.25) is 0 Å². The number of carbonyl (C=O) groups excluding carboxylic acids is 2. The van der Waals surface area contributed by atoms with Crippen LogP contribution >= 0.6 is 0 Å². The van der Waals surface area contributed by atoms with Crippen molar-refractivity contribution in [2.75, 3.05) is 6.54 Å². The monoisotopic (exact) mass is 290 g/mol. The van der Waals surface area contributed by atoms with Gasteiger partial charge in [0.15, 0.2) is 0 Å². The highest BCUT2D eigenvalue weighted by Gasteiger charge is 2.39. The van der Waals surface area contributed by atoms with Gasteiger partial charge < -0.3 is 10.4 Å². The molecule has 1 fully saturated rings. The van der Waals surface area contributed by atoms with Crippen molar-refractivity contribution >= 4 is 11.9 Å². The van der Waals surface area contributed by atoms with Crippen LogP contribution in [0, 0.1) is 12.8 Å². The molecule has 5 nitrogen and oxygen atoms in total. The van der Waals surface area contributed by atoms with E-state index in [0.717, 1.165) is 16.0 Å². The van der Waals surface area contributed by atoms with Gasteiger partial charge in [-0.05, 0) is 30.4 Å². The first-order chi connectivity index (χ1) is 9.90. The Morgan fingerprint density at radius 3 is 2.57 bits per heavy atom. The van der Waals surface area contributed by atoms with E-state index in [1.54, 1.807) is 0 Å². The molecule has 2 unspecified atom stereocenters. The van der Waals surface area contributed by atoms with E-state index < -0.39 is 18.2 Å². The normalized spacial score (nSPS) is 20.0. The summed E-state index contributed by atoms with van der Waals surface area (Å²) < 4.78 is 0. The van der Waals surface area contributed by atoms with E-state index in [9.17, 15) is 14.7 Å². The van der Waals surface area contributed by atoms with Gasteiger partial charge in [0.1, 0.15) is 6.04 Å². The predicted molar refractivity (Wildman–Crippen MR) is 79.6 cm³/mol. The van der Waals surface area contributed by atoms with Gasteiger partial charge in [0.25, 0.3) is 5.91 Å². The number of amides is 3. The fourth-order valence-electron chi connectivity index (χ4n) is 2.61. The third-order valence-electron chi connectivity index (χ3n) is 3.72.